The van der Waals surface area contributed by atoms with Gasteiger partial charge < -0.3 is 16.2 Å². The summed E-state index contributed by atoms with van der Waals surface area (Å²) in [6.45, 7) is 1.81. The monoisotopic (exact) mass is 320 g/mol. The molecule has 4 N–H and O–H groups in total. The van der Waals surface area contributed by atoms with E-state index in [0.29, 0.717) is 25.8 Å². The van der Waals surface area contributed by atoms with E-state index in [2.05, 4.69) is 5.32 Å². The summed E-state index contributed by atoms with van der Waals surface area (Å²) < 4.78 is 0. The molecule has 2 atom stereocenters. The molecule has 0 aromatic heterocycles. The summed E-state index contributed by atoms with van der Waals surface area (Å²) in [4.78, 5) is 34.2. The van der Waals surface area contributed by atoms with Gasteiger partial charge in [-0.3, -0.25) is 14.4 Å². The van der Waals surface area contributed by atoms with Crippen LogP contribution in [0.4, 0.5) is 0 Å². The lowest BCUT2D eigenvalue weighted by atomic mass is 9.92. The number of hydrogen-bond donors (Lipinski definition) is 3. The average Bonchev–Trinajstić information content (AvgIpc) is 2.50. The first kappa shape index (κ1) is 18.8. The second-order valence-electron chi connectivity index (χ2n) is 5.63. The Morgan fingerprint density at radius 2 is 1.87 bits per heavy atom. The number of ketones is 1. The molecule has 0 unspecified atom stereocenters. The van der Waals surface area contributed by atoms with Crippen LogP contribution in [0, 0.1) is 5.92 Å². The summed E-state index contributed by atoms with van der Waals surface area (Å²) in [6, 6.07) is 8.69. The van der Waals surface area contributed by atoms with Crippen molar-refractivity contribution in [3.8, 4) is 0 Å². The van der Waals surface area contributed by atoms with Crippen LogP contribution in [0.25, 0.3) is 0 Å². The highest BCUT2D eigenvalue weighted by Gasteiger charge is 2.24. The molecule has 0 saturated heterocycles. The molecular weight excluding hydrogens is 296 g/mol. The summed E-state index contributed by atoms with van der Waals surface area (Å²) >= 11 is 0. The largest absolute Gasteiger partial charge is 0.481 e. The van der Waals surface area contributed by atoms with Crippen LogP contribution in [-0.2, 0) is 20.8 Å². The van der Waals surface area contributed by atoms with Gasteiger partial charge in [0.1, 0.15) is 0 Å². The maximum absolute atomic E-state index is 12.1. The number of nitrogens with one attached hydrogen (secondary N) is 1. The van der Waals surface area contributed by atoms with Crippen molar-refractivity contribution in [3.63, 3.8) is 0 Å². The van der Waals surface area contributed by atoms with E-state index in [1.165, 1.54) is 6.92 Å². The Kier molecular flexibility index (Phi) is 7.97. The zero-order valence-corrected chi connectivity index (χ0v) is 13.3. The van der Waals surface area contributed by atoms with E-state index >= 15 is 0 Å². The van der Waals surface area contributed by atoms with Crippen molar-refractivity contribution in [1.82, 2.24) is 5.32 Å². The van der Waals surface area contributed by atoms with Gasteiger partial charge in [0.2, 0.25) is 5.91 Å². The molecule has 1 aromatic carbocycles. The second kappa shape index (κ2) is 9.74. The molecule has 0 fully saturated rings. The topological polar surface area (TPSA) is 109 Å². The summed E-state index contributed by atoms with van der Waals surface area (Å²) in [7, 11) is 0. The molecule has 0 saturated carbocycles. The normalized spacial score (nSPS) is 13.1. The van der Waals surface area contributed by atoms with Gasteiger partial charge in [-0.05, 0) is 24.8 Å². The molecule has 1 amide bonds. The number of rotatable bonds is 10. The van der Waals surface area contributed by atoms with Crippen LogP contribution >= 0.6 is 0 Å². The van der Waals surface area contributed by atoms with E-state index in [1.807, 2.05) is 30.3 Å². The van der Waals surface area contributed by atoms with E-state index in [1.54, 1.807) is 0 Å². The van der Waals surface area contributed by atoms with Crippen molar-refractivity contribution >= 4 is 17.7 Å². The third-order valence-electron chi connectivity index (χ3n) is 3.61. The van der Waals surface area contributed by atoms with Crippen LogP contribution in [0.15, 0.2) is 30.3 Å². The molecule has 0 spiro atoms. The molecule has 0 heterocycles. The highest BCUT2D eigenvalue weighted by molar-refractivity contribution is 5.87. The molecule has 0 aliphatic heterocycles. The Bertz CT molecular complexity index is 531. The molecule has 0 aliphatic rings. The fraction of sp³-hybridized carbons (Fsp3) is 0.471. The van der Waals surface area contributed by atoms with Crippen molar-refractivity contribution < 1.29 is 19.5 Å². The quantitative estimate of drug-likeness (QED) is 0.560. The third-order valence-corrected chi connectivity index (χ3v) is 3.61. The SMILES string of the molecule is CC(=O)NCCC[C@H](CC(=O)[C@@H](N)Cc1ccccc1)C(=O)O. The van der Waals surface area contributed by atoms with Gasteiger partial charge in [-0.2, -0.15) is 0 Å². The predicted molar refractivity (Wildman–Crippen MR) is 86.8 cm³/mol. The van der Waals surface area contributed by atoms with Crippen LogP contribution in [0.5, 0.6) is 0 Å². The lowest BCUT2D eigenvalue weighted by molar-refractivity contribution is -0.144. The van der Waals surface area contributed by atoms with Crippen LogP contribution in [0.2, 0.25) is 0 Å². The number of benzene rings is 1. The molecule has 0 bridgehead atoms. The summed E-state index contributed by atoms with van der Waals surface area (Å²) in [5.74, 6) is -2.18. The van der Waals surface area contributed by atoms with Crippen LogP contribution in [0.3, 0.4) is 0 Å². The number of nitrogens with two attached hydrogens (primary N) is 1. The molecule has 126 valence electrons. The molecule has 6 nitrogen and oxygen atoms in total. The first-order chi connectivity index (χ1) is 10.9. The molecule has 1 rings (SSSR count). The summed E-state index contributed by atoms with van der Waals surface area (Å²) in [5.41, 5.74) is 6.84. The standard InChI is InChI=1S/C17H24N2O4/c1-12(20)19-9-5-8-14(17(22)23)11-16(21)15(18)10-13-6-3-2-4-7-13/h2-4,6-7,14-15H,5,8-11,18H2,1H3,(H,19,20)(H,22,23)/t14-,15+/m1/s1. The van der Waals surface area contributed by atoms with E-state index in [-0.39, 0.29) is 18.1 Å². The number of hydrogen-bond acceptors (Lipinski definition) is 4. The number of carboxylic acid groups (broad SMARTS) is 1. The van der Waals surface area contributed by atoms with E-state index in [4.69, 9.17) is 5.73 Å². The first-order valence-corrected chi connectivity index (χ1v) is 7.69. The second-order valence-corrected chi connectivity index (χ2v) is 5.63. The average molecular weight is 320 g/mol. The minimum Gasteiger partial charge on any atom is -0.481 e. The number of Topliss-reactive ketones (excluding diaryl/α,β-unsaturated/α-hetero) is 1. The molecular formula is C17H24N2O4. The highest BCUT2D eigenvalue weighted by Crippen LogP contribution is 2.14. The van der Waals surface area contributed by atoms with Crippen LogP contribution in [0.1, 0.15) is 31.7 Å². The van der Waals surface area contributed by atoms with Gasteiger partial charge in [-0.15, -0.1) is 0 Å². The Hall–Kier alpha value is -2.21. The van der Waals surface area contributed by atoms with Gasteiger partial charge in [0.25, 0.3) is 0 Å². The van der Waals surface area contributed by atoms with E-state index in [9.17, 15) is 19.5 Å². The predicted octanol–water partition coefficient (Wildman–Crippen LogP) is 1.13. The molecule has 6 heteroatoms. The van der Waals surface area contributed by atoms with Gasteiger partial charge in [0, 0.05) is 19.9 Å². The van der Waals surface area contributed by atoms with Crippen LogP contribution < -0.4 is 11.1 Å². The molecule has 0 aliphatic carbocycles. The minimum atomic E-state index is -1.01. The Labute approximate surface area is 136 Å². The van der Waals surface area contributed by atoms with Crippen molar-refractivity contribution in [2.45, 2.75) is 38.6 Å². The lowest BCUT2D eigenvalue weighted by Crippen LogP contribution is -2.35. The van der Waals surface area contributed by atoms with Crippen molar-refractivity contribution in [2.24, 2.45) is 11.7 Å². The number of carboxylic acids is 1. The fourth-order valence-electron chi connectivity index (χ4n) is 2.30. The third kappa shape index (κ3) is 7.56. The van der Waals surface area contributed by atoms with Gasteiger partial charge in [0.05, 0.1) is 12.0 Å². The fourth-order valence-corrected chi connectivity index (χ4v) is 2.30. The van der Waals surface area contributed by atoms with Crippen molar-refractivity contribution in [2.75, 3.05) is 6.54 Å². The Balaban J connectivity index is 2.46. The Morgan fingerprint density at radius 1 is 1.22 bits per heavy atom. The highest BCUT2D eigenvalue weighted by atomic mass is 16.4. The summed E-state index contributed by atoms with van der Waals surface area (Å²) in [5, 5.41) is 11.8. The lowest BCUT2D eigenvalue weighted by Gasteiger charge is -2.15. The summed E-state index contributed by atoms with van der Waals surface area (Å²) in [6.07, 6.45) is 1.17. The van der Waals surface area contributed by atoms with Gasteiger partial charge in [0.15, 0.2) is 5.78 Å². The smallest absolute Gasteiger partial charge is 0.306 e. The van der Waals surface area contributed by atoms with E-state index in [0.717, 1.165) is 5.56 Å². The maximum atomic E-state index is 12.1. The van der Waals surface area contributed by atoms with Crippen molar-refractivity contribution in [3.05, 3.63) is 35.9 Å². The van der Waals surface area contributed by atoms with Gasteiger partial charge >= 0.3 is 5.97 Å². The zero-order valence-electron chi connectivity index (χ0n) is 13.3. The Morgan fingerprint density at radius 3 is 2.43 bits per heavy atom. The van der Waals surface area contributed by atoms with Gasteiger partial charge in [-0.1, -0.05) is 30.3 Å². The minimum absolute atomic E-state index is 0.0800. The zero-order chi connectivity index (χ0) is 17.2. The molecule has 23 heavy (non-hydrogen) atoms. The molecule has 0 radical (unpaired) electrons. The number of carbonyl (C=O) groups excluding carboxylic acids is 2. The maximum Gasteiger partial charge on any atom is 0.306 e. The van der Waals surface area contributed by atoms with Crippen LogP contribution in [-0.4, -0.2) is 35.4 Å². The van der Waals surface area contributed by atoms with Gasteiger partial charge in [-0.25, -0.2) is 0 Å². The number of carbonyl (C=O) groups is 3. The first-order valence-electron chi connectivity index (χ1n) is 7.69. The molecule has 1 aromatic rings. The number of aliphatic carboxylic acids is 1. The number of amides is 1. The van der Waals surface area contributed by atoms with Crippen molar-refractivity contribution in [1.29, 1.82) is 0 Å². The van der Waals surface area contributed by atoms with E-state index < -0.39 is 17.9 Å².